The summed E-state index contributed by atoms with van der Waals surface area (Å²) in [6.07, 6.45) is 0. The average Bonchev–Trinajstić information content (AvgIpc) is 2.39. The molecule has 0 saturated heterocycles. The van der Waals surface area contributed by atoms with Crippen LogP contribution in [-0.2, 0) is 6.61 Å². The minimum absolute atomic E-state index is 0.270. The number of nitrogens with two attached hydrogens (primary N) is 2. The Morgan fingerprint density at radius 3 is 2.58 bits per heavy atom. The van der Waals surface area contributed by atoms with Crippen LogP contribution < -0.4 is 16.2 Å². The quantitative estimate of drug-likeness (QED) is 0.843. The molecule has 5 heteroatoms. The second-order valence-corrected chi connectivity index (χ2v) is 4.40. The molecule has 0 aliphatic heterocycles. The number of halogens is 1. The van der Waals surface area contributed by atoms with Crippen LogP contribution in [-0.4, -0.2) is 5.91 Å². The fraction of sp³-hybridized carbons (Fsp3) is 0.0714. The van der Waals surface area contributed by atoms with Gasteiger partial charge < -0.3 is 16.2 Å². The summed E-state index contributed by atoms with van der Waals surface area (Å²) in [4.78, 5) is 11.0. The van der Waals surface area contributed by atoms with Crippen LogP contribution in [0.4, 0.5) is 5.69 Å². The maximum Gasteiger partial charge on any atom is 0.248 e. The van der Waals surface area contributed by atoms with E-state index in [1.54, 1.807) is 24.3 Å². The number of hydrogen-bond acceptors (Lipinski definition) is 3. The Kier molecular flexibility index (Phi) is 3.92. The predicted molar refractivity (Wildman–Crippen MR) is 75.2 cm³/mol. The third-order valence-electron chi connectivity index (χ3n) is 2.64. The van der Waals surface area contributed by atoms with Crippen LogP contribution in [0.5, 0.6) is 5.75 Å². The molecule has 0 heterocycles. The lowest BCUT2D eigenvalue weighted by molar-refractivity contribution is 0.1000. The largest absolute Gasteiger partial charge is 0.487 e. The van der Waals surface area contributed by atoms with Crippen LogP contribution in [0.25, 0.3) is 0 Å². The fourth-order valence-corrected chi connectivity index (χ4v) is 1.82. The lowest BCUT2D eigenvalue weighted by atomic mass is 10.1. The molecule has 0 unspecified atom stereocenters. The van der Waals surface area contributed by atoms with E-state index >= 15 is 0 Å². The van der Waals surface area contributed by atoms with Gasteiger partial charge in [0, 0.05) is 16.1 Å². The molecule has 4 nitrogen and oxygen atoms in total. The fourth-order valence-electron chi connectivity index (χ4n) is 1.59. The Bertz CT molecular complexity index is 614. The number of nitrogen functional groups attached to an aromatic ring is 1. The number of para-hydroxylation sites is 2. The molecular weight excluding hydrogens is 264 g/mol. The minimum atomic E-state index is -0.512. The number of carbonyl (C=O) groups excluding carboxylic acids is 1. The molecule has 0 aliphatic rings. The van der Waals surface area contributed by atoms with Gasteiger partial charge in [-0.05, 0) is 24.3 Å². The van der Waals surface area contributed by atoms with Crippen LogP contribution in [0.15, 0.2) is 42.5 Å². The summed E-state index contributed by atoms with van der Waals surface area (Å²) < 4.78 is 5.58. The molecule has 2 aromatic rings. The van der Waals surface area contributed by atoms with Crippen molar-refractivity contribution in [2.24, 2.45) is 5.73 Å². The van der Waals surface area contributed by atoms with Gasteiger partial charge in [-0.2, -0.15) is 0 Å². The standard InChI is InChI=1S/C14H13ClN2O2/c15-11-7-9(14(17)18)5-6-10(11)8-19-13-4-2-1-3-12(13)16/h1-7H,8,16H2,(H2,17,18). The maximum atomic E-state index is 11.0. The van der Waals surface area contributed by atoms with E-state index < -0.39 is 5.91 Å². The van der Waals surface area contributed by atoms with Gasteiger partial charge in [0.25, 0.3) is 0 Å². The molecule has 0 bridgehead atoms. The highest BCUT2D eigenvalue weighted by Crippen LogP contribution is 2.23. The summed E-state index contributed by atoms with van der Waals surface area (Å²) in [5, 5.41) is 0.436. The van der Waals surface area contributed by atoms with Gasteiger partial charge >= 0.3 is 0 Å². The first-order valence-corrected chi connectivity index (χ1v) is 6.01. The number of rotatable bonds is 4. The molecule has 0 radical (unpaired) electrons. The van der Waals surface area contributed by atoms with Crippen LogP contribution in [0.3, 0.4) is 0 Å². The smallest absolute Gasteiger partial charge is 0.248 e. The lowest BCUT2D eigenvalue weighted by Gasteiger charge is -2.10. The highest BCUT2D eigenvalue weighted by Gasteiger charge is 2.07. The Labute approximate surface area is 115 Å². The monoisotopic (exact) mass is 276 g/mol. The predicted octanol–water partition coefficient (Wildman–Crippen LogP) is 2.60. The van der Waals surface area contributed by atoms with Gasteiger partial charge in [-0.15, -0.1) is 0 Å². The summed E-state index contributed by atoms with van der Waals surface area (Å²) in [6.45, 7) is 0.270. The number of anilines is 1. The van der Waals surface area contributed by atoms with Crippen molar-refractivity contribution in [1.82, 2.24) is 0 Å². The molecule has 98 valence electrons. The molecule has 2 aromatic carbocycles. The second kappa shape index (κ2) is 5.63. The van der Waals surface area contributed by atoms with E-state index in [1.807, 2.05) is 12.1 Å². The molecule has 0 atom stereocenters. The van der Waals surface area contributed by atoms with Crippen molar-refractivity contribution in [2.45, 2.75) is 6.61 Å². The Morgan fingerprint density at radius 2 is 1.95 bits per heavy atom. The zero-order valence-corrected chi connectivity index (χ0v) is 10.9. The van der Waals surface area contributed by atoms with Gasteiger partial charge in [-0.3, -0.25) is 4.79 Å². The first kappa shape index (κ1) is 13.2. The zero-order valence-electron chi connectivity index (χ0n) is 10.1. The van der Waals surface area contributed by atoms with E-state index in [2.05, 4.69) is 0 Å². The van der Waals surface area contributed by atoms with Gasteiger partial charge in [0.05, 0.1) is 5.69 Å². The van der Waals surface area contributed by atoms with Gasteiger partial charge in [-0.25, -0.2) is 0 Å². The van der Waals surface area contributed by atoms with Crippen molar-refractivity contribution >= 4 is 23.2 Å². The molecule has 0 saturated carbocycles. The normalized spacial score (nSPS) is 10.2. The molecular formula is C14H13ClN2O2. The highest BCUT2D eigenvalue weighted by atomic mass is 35.5. The number of carbonyl (C=O) groups is 1. The minimum Gasteiger partial charge on any atom is -0.487 e. The lowest BCUT2D eigenvalue weighted by Crippen LogP contribution is -2.11. The summed E-state index contributed by atoms with van der Waals surface area (Å²) in [6, 6.07) is 12.0. The number of benzene rings is 2. The summed E-state index contributed by atoms with van der Waals surface area (Å²) >= 11 is 6.06. The number of ether oxygens (including phenoxy) is 1. The zero-order chi connectivity index (χ0) is 13.8. The first-order chi connectivity index (χ1) is 9.08. The van der Waals surface area contributed by atoms with Crippen molar-refractivity contribution in [2.75, 3.05) is 5.73 Å². The number of primary amides is 1. The van der Waals surface area contributed by atoms with Crippen molar-refractivity contribution in [3.8, 4) is 5.75 Å². The van der Waals surface area contributed by atoms with Crippen molar-refractivity contribution in [3.63, 3.8) is 0 Å². The number of hydrogen-bond donors (Lipinski definition) is 2. The van der Waals surface area contributed by atoms with Gasteiger partial charge in [-0.1, -0.05) is 29.8 Å². The van der Waals surface area contributed by atoms with E-state index in [0.717, 1.165) is 5.56 Å². The molecule has 0 fully saturated rings. The third-order valence-corrected chi connectivity index (χ3v) is 2.99. The molecule has 1 amide bonds. The molecule has 0 spiro atoms. The van der Waals surface area contributed by atoms with Gasteiger partial charge in [0.2, 0.25) is 5.91 Å². The third kappa shape index (κ3) is 3.17. The second-order valence-electron chi connectivity index (χ2n) is 4.00. The molecule has 0 aromatic heterocycles. The van der Waals surface area contributed by atoms with Crippen molar-refractivity contribution in [1.29, 1.82) is 0 Å². The van der Waals surface area contributed by atoms with E-state index in [0.29, 0.717) is 22.0 Å². The maximum absolute atomic E-state index is 11.0. The Morgan fingerprint density at radius 1 is 1.21 bits per heavy atom. The van der Waals surface area contributed by atoms with Gasteiger partial charge in [0.1, 0.15) is 12.4 Å². The molecule has 0 aliphatic carbocycles. The van der Waals surface area contributed by atoms with E-state index in [1.165, 1.54) is 6.07 Å². The molecule has 19 heavy (non-hydrogen) atoms. The van der Waals surface area contributed by atoms with E-state index in [9.17, 15) is 4.79 Å². The summed E-state index contributed by atoms with van der Waals surface area (Å²) in [5.74, 6) is 0.0826. The van der Waals surface area contributed by atoms with E-state index in [4.69, 9.17) is 27.8 Å². The number of amides is 1. The van der Waals surface area contributed by atoms with Crippen LogP contribution >= 0.6 is 11.6 Å². The van der Waals surface area contributed by atoms with E-state index in [-0.39, 0.29) is 6.61 Å². The van der Waals surface area contributed by atoms with Gasteiger partial charge in [0.15, 0.2) is 0 Å². The summed E-state index contributed by atoms with van der Waals surface area (Å²) in [5.41, 5.74) is 12.6. The topological polar surface area (TPSA) is 78.3 Å². The van der Waals surface area contributed by atoms with Crippen LogP contribution in [0.1, 0.15) is 15.9 Å². The van der Waals surface area contributed by atoms with Crippen molar-refractivity contribution in [3.05, 3.63) is 58.6 Å². The molecule has 4 N–H and O–H groups in total. The molecule has 2 rings (SSSR count). The Balaban J connectivity index is 2.12. The highest BCUT2D eigenvalue weighted by molar-refractivity contribution is 6.31. The van der Waals surface area contributed by atoms with Crippen LogP contribution in [0, 0.1) is 0 Å². The van der Waals surface area contributed by atoms with Crippen molar-refractivity contribution < 1.29 is 9.53 Å². The van der Waals surface area contributed by atoms with Crippen LogP contribution in [0.2, 0.25) is 5.02 Å². The first-order valence-electron chi connectivity index (χ1n) is 5.63. The average molecular weight is 277 g/mol. The SMILES string of the molecule is NC(=O)c1ccc(COc2ccccc2N)c(Cl)c1. The summed E-state index contributed by atoms with van der Waals surface area (Å²) in [7, 11) is 0. The Hall–Kier alpha value is -2.20.